The van der Waals surface area contributed by atoms with Gasteiger partial charge in [0, 0.05) is 0 Å². The van der Waals surface area contributed by atoms with Gasteiger partial charge in [0.2, 0.25) is 0 Å². The van der Waals surface area contributed by atoms with Crippen LogP contribution in [-0.4, -0.2) is 11.1 Å². The smallest absolute Gasteiger partial charge is 0.339 e. The summed E-state index contributed by atoms with van der Waals surface area (Å²) in [5, 5.41) is 9.95. The largest absolute Gasteiger partial charge is 0.508 e. The van der Waals surface area contributed by atoms with Crippen molar-refractivity contribution in [1.82, 2.24) is 0 Å². The molecule has 2 aromatic rings. The Morgan fingerprint density at radius 1 is 1.00 bits per heavy atom. The number of hydrogen-bond acceptors (Lipinski definition) is 3. The first-order chi connectivity index (χ1) is 10.9. The normalized spacial score (nSPS) is 11.0. The van der Waals surface area contributed by atoms with Gasteiger partial charge in [-0.3, -0.25) is 0 Å². The Labute approximate surface area is 137 Å². The Morgan fingerprint density at radius 2 is 1.52 bits per heavy atom. The summed E-state index contributed by atoms with van der Waals surface area (Å²) in [5.74, 6) is 0.107. The minimum absolute atomic E-state index is 0.124. The zero-order valence-corrected chi connectivity index (χ0v) is 14.2. The third-order valence-corrected chi connectivity index (χ3v) is 3.85. The van der Waals surface area contributed by atoms with Crippen LogP contribution >= 0.6 is 0 Å². The number of ether oxygens (including phenoxy) is 1. The van der Waals surface area contributed by atoms with Gasteiger partial charge < -0.3 is 9.84 Å². The Kier molecular flexibility index (Phi) is 5.43. The summed E-state index contributed by atoms with van der Waals surface area (Å²) in [5.41, 5.74) is 3.19. The Morgan fingerprint density at radius 3 is 2.00 bits per heavy atom. The zero-order valence-electron chi connectivity index (χ0n) is 14.2. The van der Waals surface area contributed by atoms with E-state index < -0.39 is 0 Å². The van der Waals surface area contributed by atoms with Gasteiger partial charge in [-0.2, -0.15) is 0 Å². The van der Waals surface area contributed by atoms with Gasteiger partial charge >= 0.3 is 5.97 Å². The minimum Gasteiger partial charge on any atom is -0.508 e. The maximum absolute atomic E-state index is 12.7. The molecule has 0 aromatic heterocycles. The van der Waals surface area contributed by atoms with Crippen LogP contribution in [-0.2, 0) is 11.3 Å². The van der Waals surface area contributed by atoms with E-state index in [9.17, 15) is 9.90 Å². The SMILES string of the molecule is CC(C)c1cc(O)cc(C(C)C)c1C(=O)OCc1ccccc1. The second kappa shape index (κ2) is 7.32. The monoisotopic (exact) mass is 312 g/mol. The molecular weight excluding hydrogens is 288 g/mol. The lowest BCUT2D eigenvalue weighted by Gasteiger charge is -2.19. The molecule has 0 unspecified atom stereocenters. The summed E-state index contributed by atoms with van der Waals surface area (Å²) < 4.78 is 5.52. The lowest BCUT2D eigenvalue weighted by molar-refractivity contribution is 0.0469. The fourth-order valence-corrected chi connectivity index (χ4v) is 2.61. The van der Waals surface area contributed by atoms with Crippen molar-refractivity contribution in [2.45, 2.75) is 46.1 Å². The Hall–Kier alpha value is -2.29. The molecule has 23 heavy (non-hydrogen) atoms. The maximum atomic E-state index is 12.7. The second-order valence-electron chi connectivity index (χ2n) is 6.37. The molecule has 3 nitrogen and oxygen atoms in total. The number of benzene rings is 2. The van der Waals surface area contributed by atoms with Crippen LogP contribution in [0.2, 0.25) is 0 Å². The molecule has 0 aliphatic heterocycles. The number of aromatic hydroxyl groups is 1. The van der Waals surface area contributed by atoms with Gasteiger partial charge in [-0.15, -0.1) is 0 Å². The first kappa shape index (κ1) is 17.1. The summed E-state index contributed by atoms with van der Waals surface area (Å²) in [6.07, 6.45) is 0. The highest BCUT2D eigenvalue weighted by molar-refractivity contribution is 5.93. The van der Waals surface area contributed by atoms with Crippen LogP contribution < -0.4 is 0 Å². The first-order valence-electron chi connectivity index (χ1n) is 7.98. The molecule has 2 aromatic carbocycles. The molecular formula is C20H24O3. The molecule has 2 rings (SSSR count). The molecule has 0 fully saturated rings. The molecule has 0 radical (unpaired) electrons. The van der Waals surface area contributed by atoms with Gasteiger partial charge in [0.15, 0.2) is 0 Å². The van der Waals surface area contributed by atoms with Gasteiger partial charge in [0.25, 0.3) is 0 Å². The first-order valence-corrected chi connectivity index (χ1v) is 7.98. The van der Waals surface area contributed by atoms with E-state index in [1.807, 2.05) is 58.0 Å². The molecule has 0 amide bonds. The van der Waals surface area contributed by atoms with Gasteiger partial charge in [0.1, 0.15) is 12.4 Å². The van der Waals surface area contributed by atoms with Crippen molar-refractivity contribution in [3.63, 3.8) is 0 Å². The number of phenolic OH excluding ortho intramolecular Hbond substituents is 1. The van der Waals surface area contributed by atoms with E-state index in [4.69, 9.17) is 4.74 Å². The summed E-state index contributed by atoms with van der Waals surface area (Å²) in [7, 11) is 0. The maximum Gasteiger partial charge on any atom is 0.339 e. The zero-order chi connectivity index (χ0) is 17.0. The minimum atomic E-state index is -0.332. The lowest BCUT2D eigenvalue weighted by Crippen LogP contribution is -2.13. The molecule has 3 heteroatoms. The summed E-state index contributed by atoms with van der Waals surface area (Å²) in [4.78, 5) is 12.7. The predicted octanol–water partition coefficient (Wildman–Crippen LogP) is 5.00. The summed E-state index contributed by atoms with van der Waals surface area (Å²) in [6, 6.07) is 12.9. The number of carbonyl (C=O) groups excluding carboxylic acids is 1. The quantitative estimate of drug-likeness (QED) is 0.791. The van der Waals surface area contributed by atoms with Crippen molar-refractivity contribution < 1.29 is 14.6 Å². The average molecular weight is 312 g/mol. The van der Waals surface area contributed by atoms with E-state index in [0.29, 0.717) is 5.56 Å². The Balaban J connectivity index is 2.34. The van der Waals surface area contributed by atoms with Gasteiger partial charge in [-0.25, -0.2) is 4.79 Å². The van der Waals surface area contributed by atoms with Crippen molar-refractivity contribution in [3.05, 3.63) is 64.7 Å². The van der Waals surface area contributed by atoms with E-state index in [1.54, 1.807) is 12.1 Å². The molecule has 0 saturated carbocycles. The molecule has 1 N–H and O–H groups in total. The Bertz CT molecular complexity index is 644. The van der Waals surface area contributed by atoms with Gasteiger partial charge in [-0.1, -0.05) is 58.0 Å². The number of esters is 1. The summed E-state index contributed by atoms with van der Waals surface area (Å²) in [6.45, 7) is 8.27. The molecule has 0 aliphatic rings. The average Bonchev–Trinajstić information content (AvgIpc) is 2.52. The van der Waals surface area contributed by atoms with Crippen molar-refractivity contribution in [3.8, 4) is 5.75 Å². The highest BCUT2D eigenvalue weighted by atomic mass is 16.5. The molecule has 122 valence electrons. The molecule has 0 aliphatic carbocycles. The molecule has 0 bridgehead atoms. The fraction of sp³-hybridized carbons (Fsp3) is 0.350. The van der Waals surface area contributed by atoms with E-state index in [0.717, 1.165) is 16.7 Å². The number of hydrogen-bond donors (Lipinski definition) is 1. The molecule has 0 heterocycles. The van der Waals surface area contributed by atoms with E-state index in [-0.39, 0.29) is 30.2 Å². The topological polar surface area (TPSA) is 46.5 Å². The van der Waals surface area contributed by atoms with Crippen molar-refractivity contribution in [1.29, 1.82) is 0 Å². The van der Waals surface area contributed by atoms with Crippen LogP contribution in [0.1, 0.15) is 66.6 Å². The third kappa shape index (κ3) is 4.13. The highest BCUT2D eigenvalue weighted by Gasteiger charge is 2.22. The summed E-state index contributed by atoms with van der Waals surface area (Å²) >= 11 is 0. The number of phenols is 1. The van der Waals surface area contributed by atoms with Crippen LogP contribution in [0, 0.1) is 0 Å². The fourth-order valence-electron chi connectivity index (χ4n) is 2.61. The van der Waals surface area contributed by atoms with Crippen LogP contribution in [0.25, 0.3) is 0 Å². The lowest BCUT2D eigenvalue weighted by atomic mass is 9.88. The molecule has 0 spiro atoms. The van der Waals surface area contributed by atoms with Gasteiger partial charge in [0.05, 0.1) is 5.56 Å². The van der Waals surface area contributed by atoms with E-state index >= 15 is 0 Å². The third-order valence-electron chi connectivity index (χ3n) is 3.85. The van der Waals surface area contributed by atoms with Crippen LogP contribution in [0.4, 0.5) is 0 Å². The molecule has 0 saturated heterocycles. The van der Waals surface area contributed by atoms with Crippen molar-refractivity contribution >= 4 is 5.97 Å². The van der Waals surface area contributed by atoms with E-state index in [1.165, 1.54) is 0 Å². The highest BCUT2D eigenvalue weighted by Crippen LogP contribution is 2.32. The standard InChI is InChI=1S/C20H24O3/c1-13(2)17-10-16(21)11-18(14(3)4)19(17)20(22)23-12-15-8-6-5-7-9-15/h5-11,13-14,21H,12H2,1-4H3. The van der Waals surface area contributed by atoms with Crippen molar-refractivity contribution in [2.75, 3.05) is 0 Å². The number of rotatable bonds is 5. The van der Waals surface area contributed by atoms with Gasteiger partial charge in [-0.05, 0) is 40.7 Å². The van der Waals surface area contributed by atoms with Crippen LogP contribution in [0.5, 0.6) is 5.75 Å². The number of carbonyl (C=O) groups is 1. The van der Waals surface area contributed by atoms with E-state index in [2.05, 4.69) is 0 Å². The van der Waals surface area contributed by atoms with Crippen LogP contribution in [0.3, 0.4) is 0 Å². The van der Waals surface area contributed by atoms with Crippen LogP contribution in [0.15, 0.2) is 42.5 Å². The predicted molar refractivity (Wildman–Crippen MR) is 91.8 cm³/mol. The van der Waals surface area contributed by atoms with Crippen molar-refractivity contribution in [2.24, 2.45) is 0 Å². The second-order valence-corrected chi connectivity index (χ2v) is 6.37. The molecule has 0 atom stereocenters.